The summed E-state index contributed by atoms with van der Waals surface area (Å²) >= 11 is 0. The van der Waals surface area contributed by atoms with Gasteiger partial charge in [0.1, 0.15) is 13.2 Å². The highest BCUT2D eigenvalue weighted by Crippen LogP contribution is 2.45. The summed E-state index contributed by atoms with van der Waals surface area (Å²) in [4.78, 5) is 56.9. The summed E-state index contributed by atoms with van der Waals surface area (Å²) in [5, 5.41) is 9.50. The van der Waals surface area contributed by atoms with E-state index in [1.165, 1.54) is 18.2 Å². The molecule has 0 fully saturated rings. The van der Waals surface area contributed by atoms with Crippen molar-refractivity contribution in [3.05, 3.63) is 179 Å². The molecular weight excluding hydrogens is 833 g/mol. The fraction of sp³-hybridized carbons (Fsp3) is 0.255. The van der Waals surface area contributed by atoms with Gasteiger partial charge in [0.05, 0.1) is 31.8 Å². The fourth-order valence-corrected chi connectivity index (χ4v) is 8.01. The summed E-state index contributed by atoms with van der Waals surface area (Å²) in [5.41, 5.74) is 10.9. The number of fused-ring (bicyclic) bond motifs is 6. The fourth-order valence-electron chi connectivity index (χ4n) is 8.01. The van der Waals surface area contributed by atoms with Crippen LogP contribution < -0.4 is 0 Å². The molecule has 6 aromatic rings. The molecule has 2 atom stereocenters. The second-order valence-corrected chi connectivity index (χ2v) is 14.6. The standard InChI is InChI=1S/C25H23NO4.C24H21NO4.C2H6.2H2S/c1-29-25(28)18(13-17-7-6-12-26-15-17)14-24(27)30-16-23-21-10-4-2-8-19(21)20-9-3-5-11-22(20)23;26-23(13-17(24(27)28)12-16-6-5-11-25-14-16)29-15-22-20-9-3-1-7-18(20)19-8-2-4-10-21(19)22;1-2;;/h2-12,15,18,23H,13-14,16H2,1H3;1-11,14,17,22H,12-13,15H2,(H,27,28);1-2H3;2*1H2/t18-;17-;;;/m00.../s1. The first-order valence-corrected chi connectivity index (χ1v) is 20.6. The first kappa shape index (κ1) is 49.4. The monoisotopic (exact) mass is 886 g/mol. The number of benzene rings is 4. The highest BCUT2D eigenvalue weighted by atomic mass is 32.1. The van der Waals surface area contributed by atoms with Gasteiger partial charge in [0.25, 0.3) is 0 Å². The Labute approximate surface area is 383 Å². The summed E-state index contributed by atoms with van der Waals surface area (Å²) in [7, 11) is 1.33. The molecule has 0 bridgehead atoms. The number of carbonyl (C=O) groups excluding carboxylic acids is 3. The van der Waals surface area contributed by atoms with Gasteiger partial charge < -0.3 is 19.3 Å². The molecule has 0 spiro atoms. The van der Waals surface area contributed by atoms with Crippen molar-refractivity contribution in [2.75, 3.05) is 20.3 Å². The van der Waals surface area contributed by atoms with Gasteiger partial charge in [0, 0.05) is 36.6 Å². The van der Waals surface area contributed by atoms with Crippen molar-refractivity contribution in [2.24, 2.45) is 11.8 Å². The van der Waals surface area contributed by atoms with Gasteiger partial charge in [0.15, 0.2) is 0 Å². The molecule has 2 heterocycles. The van der Waals surface area contributed by atoms with Crippen LogP contribution in [-0.2, 0) is 46.2 Å². The average molecular weight is 887 g/mol. The minimum Gasteiger partial charge on any atom is -0.481 e. The summed E-state index contributed by atoms with van der Waals surface area (Å²) < 4.78 is 16.1. The van der Waals surface area contributed by atoms with Crippen LogP contribution in [0.25, 0.3) is 22.3 Å². The van der Waals surface area contributed by atoms with E-state index >= 15 is 0 Å². The van der Waals surface area contributed by atoms with E-state index in [0.29, 0.717) is 6.42 Å². The molecule has 4 aromatic carbocycles. The molecule has 10 nitrogen and oxygen atoms in total. The van der Waals surface area contributed by atoms with Crippen molar-refractivity contribution in [2.45, 2.75) is 51.4 Å². The van der Waals surface area contributed by atoms with Gasteiger partial charge >= 0.3 is 23.9 Å². The van der Waals surface area contributed by atoms with E-state index in [1.54, 1.807) is 43.0 Å². The quantitative estimate of drug-likeness (QED) is 0.0831. The zero-order valence-corrected chi connectivity index (χ0v) is 37.6. The Hall–Kier alpha value is -6.24. The SMILES string of the molecule is CC.COC(=O)[C@H](CC(=O)OCC1c2ccccc2-c2ccccc21)Cc1cccnc1.O=C(C[C@H](Cc1cccnc1)C(=O)O)OCC1c2ccccc2-c2ccccc21.S.S. The number of esters is 3. The molecule has 0 aliphatic heterocycles. The molecule has 0 saturated carbocycles. The number of methoxy groups -OCH3 is 1. The number of aromatic nitrogens is 2. The lowest BCUT2D eigenvalue weighted by Crippen LogP contribution is -2.24. The number of carboxylic acid groups (broad SMARTS) is 1. The maximum absolute atomic E-state index is 12.6. The van der Waals surface area contributed by atoms with E-state index in [9.17, 15) is 24.3 Å². The first-order valence-electron chi connectivity index (χ1n) is 20.6. The highest BCUT2D eigenvalue weighted by molar-refractivity contribution is 7.59. The van der Waals surface area contributed by atoms with Crippen molar-refractivity contribution >= 4 is 50.9 Å². The second-order valence-electron chi connectivity index (χ2n) is 14.6. The molecule has 12 heteroatoms. The van der Waals surface area contributed by atoms with Crippen LogP contribution in [-0.4, -0.2) is 59.3 Å². The van der Waals surface area contributed by atoms with Crippen molar-refractivity contribution in [1.82, 2.24) is 9.97 Å². The van der Waals surface area contributed by atoms with Crippen LogP contribution in [0.5, 0.6) is 0 Å². The third-order valence-corrected chi connectivity index (χ3v) is 10.9. The molecule has 2 aliphatic rings. The smallest absolute Gasteiger partial charge is 0.309 e. The lowest BCUT2D eigenvalue weighted by molar-refractivity contribution is -0.153. The van der Waals surface area contributed by atoms with Crippen LogP contribution in [0.2, 0.25) is 0 Å². The second kappa shape index (κ2) is 24.4. The zero-order chi connectivity index (χ0) is 43.1. The van der Waals surface area contributed by atoms with Crippen LogP contribution in [0.1, 0.15) is 71.9 Å². The molecule has 0 unspecified atom stereocenters. The lowest BCUT2D eigenvalue weighted by atomic mass is 9.96. The highest BCUT2D eigenvalue weighted by Gasteiger charge is 2.32. The third kappa shape index (κ3) is 12.5. The Bertz CT molecular complexity index is 2340. The molecule has 0 amide bonds. The Morgan fingerprint density at radius 2 is 0.889 bits per heavy atom. The number of rotatable bonds is 14. The Balaban J connectivity index is 0.000000258. The normalized spacial score (nSPS) is 12.6. The maximum atomic E-state index is 12.6. The van der Waals surface area contributed by atoms with Crippen LogP contribution in [0, 0.1) is 11.8 Å². The largest absolute Gasteiger partial charge is 0.481 e. The van der Waals surface area contributed by atoms with Crippen molar-refractivity contribution in [3.8, 4) is 22.3 Å². The van der Waals surface area contributed by atoms with Crippen molar-refractivity contribution < 1.29 is 38.5 Å². The maximum Gasteiger partial charge on any atom is 0.309 e. The van der Waals surface area contributed by atoms with E-state index in [4.69, 9.17) is 14.2 Å². The number of aliphatic carboxylic acids is 1. The molecule has 2 aliphatic carbocycles. The van der Waals surface area contributed by atoms with Crippen LogP contribution in [0.4, 0.5) is 0 Å². The topological polar surface area (TPSA) is 142 Å². The number of nitrogens with zero attached hydrogens (tertiary/aromatic N) is 2. The van der Waals surface area contributed by atoms with Gasteiger partial charge in [-0.3, -0.25) is 29.1 Å². The summed E-state index contributed by atoms with van der Waals surface area (Å²) in [6, 6.07) is 39.8. The van der Waals surface area contributed by atoms with E-state index in [1.807, 2.05) is 68.4 Å². The molecule has 328 valence electrons. The minimum atomic E-state index is -1.01. The summed E-state index contributed by atoms with van der Waals surface area (Å²) in [5.74, 6) is -3.82. The Morgan fingerprint density at radius 3 is 1.22 bits per heavy atom. The summed E-state index contributed by atoms with van der Waals surface area (Å²) in [6.45, 7) is 4.44. The summed E-state index contributed by atoms with van der Waals surface area (Å²) in [6.07, 6.45) is 7.03. The van der Waals surface area contributed by atoms with E-state index in [0.717, 1.165) is 44.5 Å². The first-order chi connectivity index (χ1) is 29.8. The number of ether oxygens (including phenoxy) is 3. The average Bonchev–Trinajstić information content (AvgIpc) is 3.80. The van der Waals surface area contributed by atoms with Gasteiger partial charge in [-0.1, -0.05) is 123 Å². The van der Waals surface area contributed by atoms with Gasteiger partial charge in [-0.2, -0.15) is 27.0 Å². The predicted molar refractivity (Wildman–Crippen MR) is 253 cm³/mol. The van der Waals surface area contributed by atoms with Gasteiger partial charge in [-0.05, 0) is 80.6 Å². The zero-order valence-electron chi connectivity index (χ0n) is 35.6. The molecule has 1 N–H and O–H groups in total. The van der Waals surface area contributed by atoms with Gasteiger partial charge in [0.2, 0.25) is 0 Å². The molecule has 63 heavy (non-hydrogen) atoms. The van der Waals surface area contributed by atoms with E-state index in [-0.39, 0.29) is 71.3 Å². The van der Waals surface area contributed by atoms with Crippen LogP contribution >= 0.6 is 27.0 Å². The Kier molecular flexibility index (Phi) is 19.1. The molecule has 0 saturated heterocycles. The van der Waals surface area contributed by atoms with Crippen molar-refractivity contribution in [1.29, 1.82) is 0 Å². The minimum absolute atomic E-state index is 0. The molecule has 8 rings (SSSR count). The van der Waals surface area contributed by atoms with E-state index in [2.05, 4.69) is 58.5 Å². The van der Waals surface area contributed by atoms with Gasteiger partial charge in [-0.15, -0.1) is 0 Å². The number of carboxylic acids is 1. The number of pyridine rings is 2. The van der Waals surface area contributed by atoms with Crippen LogP contribution in [0.3, 0.4) is 0 Å². The van der Waals surface area contributed by atoms with E-state index < -0.39 is 35.7 Å². The van der Waals surface area contributed by atoms with Gasteiger partial charge in [-0.25, -0.2) is 0 Å². The number of carbonyl (C=O) groups is 4. The third-order valence-electron chi connectivity index (χ3n) is 10.9. The van der Waals surface area contributed by atoms with Crippen molar-refractivity contribution in [3.63, 3.8) is 0 Å². The number of hydrogen-bond acceptors (Lipinski definition) is 9. The lowest BCUT2D eigenvalue weighted by Gasteiger charge is -2.17. The molecular formula is C51H54N2O8S2. The Morgan fingerprint density at radius 1 is 0.540 bits per heavy atom. The molecule has 2 aromatic heterocycles. The predicted octanol–water partition coefficient (Wildman–Crippen LogP) is 9.48. The van der Waals surface area contributed by atoms with Crippen LogP contribution in [0.15, 0.2) is 146 Å². The molecule has 0 radical (unpaired) electrons. The number of hydrogen-bond donors (Lipinski definition) is 1.